The van der Waals surface area contributed by atoms with E-state index in [-0.39, 0.29) is 0 Å². The third kappa shape index (κ3) is 5.94. The number of nitrogens with zero attached hydrogens (tertiary/aromatic N) is 3. The minimum Gasteiger partial charge on any atom is -0.369 e. The molecule has 11 heteroatoms. The largest absolute Gasteiger partial charge is 0.369 e. The molecule has 0 radical (unpaired) electrons. The lowest BCUT2D eigenvalue weighted by Gasteiger charge is -2.10. The molecule has 9 nitrogen and oxygen atoms in total. The van der Waals surface area contributed by atoms with Gasteiger partial charge in [0.15, 0.2) is 5.17 Å². The minimum atomic E-state index is -3.67. The second-order valence-electron chi connectivity index (χ2n) is 6.58. The molecule has 0 saturated heterocycles. The topological polar surface area (TPSA) is 154 Å². The van der Waals surface area contributed by atoms with Crippen LogP contribution in [0.3, 0.4) is 0 Å². The molecular formula is C20H21N5O4S2. The first-order chi connectivity index (χ1) is 14.6. The highest BCUT2D eigenvalue weighted by atomic mass is 32.2. The number of anilines is 1. The van der Waals surface area contributed by atoms with Crippen LogP contribution in [0.4, 0.5) is 5.95 Å². The summed E-state index contributed by atoms with van der Waals surface area (Å²) >= 11 is 1.65. The van der Waals surface area contributed by atoms with E-state index in [9.17, 15) is 13.2 Å². The van der Waals surface area contributed by atoms with Gasteiger partial charge in [-0.05, 0) is 28.8 Å². The number of aromatic nitrogens is 2. The number of rotatable bonds is 3. The Morgan fingerprint density at radius 1 is 1.19 bits per heavy atom. The van der Waals surface area contributed by atoms with Crippen molar-refractivity contribution in [1.82, 2.24) is 9.55 Å². The number of carbonyl (C=O) groups excluding carboxylic acids is 1. The fourth-order valence-corrected chi connectivity index (χ4v) is 3.88. The van der Waals surface area contributed by atoms with E-state index in [0.717, 1.165) is 45.2 Å². The van der Waals surface area contributed by atoms with Crippen molar-refractivity contribution in [3.05, 3.63) is 65.7 Å². The molecule has 1 aliphatic heterocycles. The van der Waals surface area contributed by atoms with Crippen molar-refractivity contribution in [2.75, 3.05) is 24.3 Å². The van der Waals surface area contributed by atoms with Crippen molar-refractivity contribution < 1.29 is 17.8 Å². The lowest BCUT2D eigenvalue weighted by molar-refractivity contribution is -0.113. The van der Waals surface area contributed by atoms with Gasteiger partial charge in [-0.3, -0.25) is 18.9 Å². The van der Waals surface area contributed by atoms with Crippen LogP contribution in [-0.4, -0.2) is 52.1 Å². The summed E-state index contributed by atoms with van der Waals surface area (Å²) in [6, 6.07) is 15.5. The van der Waals surface area contributed by atoms with Crippen molar-refractivity contribution in [3.63, 3.8) is 0 Å². The summed E-state index contributed by atoms with van der Waals surface area (Å²) < 4.78 is 27.7. The van der Waals surface area contributed by atoms with Gasteiger partial charge in [0.1, 0.15) is 0 Å². The summed E-state index contributed by atoms with van der Waals surface area (Å²) in [5.74, 6) is 0.850. The van der Waals surface area contributed by atoms with Crippen LogP contribution in [0.5, 0.6) is 0 Å². The van der Waals surface area contributed by atoms with Crippen molar-refractivity contribution in [3.8, 4) is 0 Å². The number of imidazole rings is 1. The van der Waals surface area contributed by atoms with E-state index in [1.54, 1.807) is 11.8 Å². The Hall–Kier alpha value is -3.15. The smallest absolute Gasteiger partial charge is 0.261 e. The average molecular weight is 460 g/mol. The first-order valence-corrected chi connectivity index (χ1v) is 11.9. The number of fused-ring (bicyclic) bond motifs is 1. The first-order valence-electron chi connectivity index (χ1n) is 9.08. The third-order valence-corrected chi connectivity index (χ3v) is 5.08. The molecular weight excluding hydrogens is 438 g/mol. The third-order valence-electron chi connectivity index (χ3n) is 4.12. The van der Waals surface area contributed by atoms with Gasteiger partial charge in [-0.1, -0.05) is 48.2 Å². The van der Waals surface area contributed by atoms with Crippen LogP contribution < -0.4 is 11.5 Å². The molecule has 2 aromatic carbocycles. The number of nitrogens with two attached hydrogens (primary N) is 2. The van der Waals surface area contributed by atoms with Gasteiger partial charge in [-0.2, -0.15) is 8.42 Å². The predicted octanol–water partition coefficient (Wildman–Crippen LogP) is 1.99. The molecule has 0 aliphatic carbocycles. The molecule has 31 heavy (non-hydrogen) atoms. The first kappa shape index (κ1) is 22.5. The van der Waals surface area contributed by atoms with Gasteiger partial charge < -0.3 is 11.5 Å². The number of amides is 1. The van der Waals surface area contributed by atoms with E-state index >= 15 is 0 Å². The molecule has 0 fully saturated rings. The van der Waals surface area contributed by atoms with Gasteiger partial charge in [0.05, 0.1) is 23.8 Å². The molecule has 4 rings (SSSR count). The number of hydrogen-bond acceptors (Lipinski definition) is 7. The zero-order valence-electron chi connectivity index (χ0n) is 16.6. The van der Waals surface area contributed by atoms with E-state index in [1.165, 1.54) is 6.08 Å². The maximum absolute atomic E-state index is 11.6. The van der Waals surface area contributed by atoms with Crippen LogP contribution in [0.25, 0.3) is 16.6 Å². The number of carbonyl (C=O) groups is 1. The Bertz CT molecular complexity index is 1270. The van der Waals surface area contributed by atoms with Crippen molar-refractivity contribution in [1.29, 1.82) is 0 Å². The highest BCUT2D eigenvalue weighted by Crippen LogP contribution is 2.29. The van der Waals surface area contributed by atoms with E-state index < -0.39 is 16.0 Å². The second kappa shape index (κ2) is 9.33. The summed E-state index contributed by atoms with van der Waals surface area (Å²) in [6.07, 6.45) is 2.16. The predicted molar refractivity (Wildman–Crippen MR) is 124 cm³/mol. The molecule has 1 aromatic heterocycles. The molecule has 1 aliphatic rings. The molecule has 5 N–H and O–H groups in total. The van der Waals surface area contributed by atoms with Crippen LogP contribution in [0.15, 0.2) is 59.6 Å². The van der Waals surface area contributed by atoms with Crippen LogP contribution in [0.1, 0.15) is 11.1 Å². The number of aliphatic imine (C=N–C) groups is 1. The summed E-state index contributed by atoms with van der Waals surface area (Å²) in [5.41, 5.74) is 15.7. The summed E-state index contributed by atoms with van der Waals surface area (Å²) in [4.78, 5) is 20.5. The standard InChI is InChI=1S/C19H17N5OS.CH4O3S/c20-17(25)11-14(12-4-2-1-3-5-12)13-6-7-15-16(10-13)24(18(21)23-15)19-22-8-9-26-19;1-5(2,3)4/h1-7,10-11H,8-9H2,(H2,20,25)(H2,21,23);1H3,(H,2,3,4). The molecule has 0 saturated carbocycles. The van der Waals surface area contributed by atoms with Crippen molar-refractivity contribution in [2.45, 2.75) is 0 Å². The average Bonchev–Trinajstić information content (AvgIpc) is 3.31. The molecule has 2 heterocycles. The van der Waals surface area contributed by atoms with Gasteiger partial charge in [-0.15, -0.1) is 0 Å². The number of nitrogen functional groups attached to an aromatic ring is 1. The van der Waals surface area contributed by atoms with Gasteiger partial charge in [0.25, 0.3) is 10.1 Å². The van der Waals surface area contributed by atoms with Gasteiger partial charge >= 0.3 is 0 Å². The zero-order chi connectivity index (χ0) is 22.6. The molecule has 162 valence electrons. The fourth-order valence-electron chi connectivity index (χ4n) is 3.01. The Kier molecular flexibility index (Phi) is 6.78. The summed E-state index contributed by atoms with van der Waals surface area (Å²) in [7, 11) is -3.67. The van der Waals surface area contributed by atoms with Gasteiger partial charge in [0.2, 0.25) is 11.9 Å². The Balaban J connectivity index is 0.000000491. The fraction of sp³-hybridized carbons (Fsp3) is 0.150. The van der Waals surface area contributed by atoms with E-state index in [0.29, 0.717) is 12.2 Å². The maximum atomic E-state index is 11.6. The minimum absolute atomic E-state index is 0.408. The van der Waals surface area contributed by atoms with Crippen LogP contribution >= 0.6 is 11.8 Å². The summed E-state index contributed by atoms with van der Waals surface area (Å²) in [6.45, 7) is 0.773. The normalized spacial score (nSPS) is 14.1. The number of benzene rings is 2. The van der Waals surface area contributed by atoms with E-state index in [1.807, 2.05) is 53.1 Å². The molecule has 1 amide bonds. The second-order valence-corrected chi connectivity index (χ2v) is 9.11. The zero-order valence-corrected chi connectivity index (χ0v) is 18.2. The summed E-state index contributed by atoms with van der Waals surface area (Å²) in [5, 5.41) is 0.849. The monoisotopic (exact) mass is 459 g/mol. The van der Waals surface area contributed by atoms with Crippen LogP contribution in [-0.2, 0) is 14.9 Å². The Morgan fingerprint density at radius 2 is 1.87 bits per heavy atom. The van der Waals surface area contributed by atoms with Crippen LogP contribution in [0, 0.1) is 0 Å². The number of thioether (sulfide) groups is 1. The van der Waals surface area contributed by atoms with Crippen molar-refractivity contribution >= 4 is 55.5 Å². The highest BCUT2D eigenvalue weighted by molar-refractivity contribution is 8.14. The van der Waals surface area contributed by atoms with Gasteiger partial charge in [0, 0.05) is 11.8 Å². The Morgan fingerprint density at radius 3 is 2.45 bits per heavy atom. The highest BCUT2D eigenvalue weighted by Gasteiger charge is 2.18. The lowest BCUT2D eigenvalue weighted by Crippen LogP contribution is -2.09. The maximum Gasteiger partial charge on any atom is 0.261 e. The molecule has 0 unspecified atom stereocenters. The molecule has 0 atom stereocenters. The van der Waals surface area contributed by atoms with Gasteiger partial charge in [-0.25, -0.2) is 4.98 Å². The molecule has 0 bridgehead atoms. The van der Waals surface area contributed by atoms with Crippen LogP contribution in [0.2, 0.25) is 0 Å². The molecule has 0 spiro atoms. The lowest BCUT2D eigenvalue weighted by atomic mass is 9.97. The van der Waals surface area contributed by atoms with E-state index in [4.69, 9.17) is 16.0 Å². The number of hydrogen-bond donors (Lipinski definition) is 3. The van der Waals surface area contributed by atoms with E-state index in [2.05, 4.69) is 9.98 Å². The van der Waals surface area contributed by atoms with Crippen molar-refractivity contribution in [2.24, 2.45) is 10.7 Å². The molecule has 3 aromatic rings. The Labute approximate surface area is 183 Å². The SMILES string of the molecule is CS(=O)(=O)O.NC(=O)C=C(c1ccccc1)c1ccc2nc(N)n(C3=NCCS3)c2c1. The number of primary amides is 1. The quantitative estimate of drug-likeness (QED) is 0.400.